The van der Waals surface area contributed by atoms with Crippen molar-refractivity contribution in [1.29, 1.82) is 0 Å². The van der Waals surface area contributed by atoms with E-state index in [-0.39, 0.29) is 11.7 Å². The van der Waals surface area contributed by atoms with Crippen molar-refractivity contribution in [2.75, 3.05) is 6.54 Å². The maximum Gasteiger partial charge on any atom is 0.328 e. The molecule has 102 valence electrons. The summed E-state index contributed by atoms with van der Waals surface area (Å²) in [5.41, 5.74) is 0.106. The van der Waals surface area contributed by atoms with Crippen molar-refractivity contribution in [3.05, 3.63) is 47.0 Å². The van der Waals surface area contributed by atoms with Crippen molar-refractivity contribution in [3.63, 3.8) is 0 Å². The van der Waals surface area contributed by atoms with Crippen LogP contribution in [0.15, 0.2) is 40.0 Å². The second-order valence-electron chi connectivity index (χ2n) is 5.10. The maximum absolute atomic E-state index is 12.0. The number of hydrogen-bond acceptors (Lipinski definition) is 3. The molecule has 3 rings (SSSR count). The Morgan fingerprint density at radius 2 is 2.32 bits per heavy atom. The predicted octanol–water partition coefficient (Wildman–Crippen LogP) is 1.93. The summed E-state index contributed by atoms with van der Waals surface area (Å²) in [6, 6.07) is 4.45. The van der Waals surface area contributed by atoms with Crippen molar-refractivity contribution in [2.24, 2.45) is 0 Å². The van der Waals surface area contributed by atoms with Crippen LogP contribution in [0, 0.1) is 0 Å². The molecular weight excluding hydrogens is 242 g/mol. The van der Waals surface area contributed by atoms with Crippen LogP contribution in [0.25, 0.3) is 0 Å². The summed E-state index contributed by atoms with van der Waals surface area (Å²) in [5.74, 6) is 0.919. The molecule has 0 aliphatic heterocycles. The first kappa shape index (κ1) is 12.3. The van der Waals surface area contributed by atoms with Crippen LogP contribution in [0.4, 0.5) is 0 Å². The number of aromatic nitrogens is 2. The van der Waals surface area contributed by atoms with Crippen LogP contribution < -0.4 is 11.0 Å². The smallest absolute Gasteiger partial charge is 0.328 e. The summed E-state index contributed by atoms with van der Waals surface area (Å²) in [5, 5.41) is 3.35. The van der Waals surface area contributed by atoms with E-state index >= 15 is 0 Å². The highest BCUT2D eigenvalue weighted by Crippen LogP contribution is 2.33. The molecule has 2 heterocycles. The monoisotopic (exact) mass is 261 g/mol. The molecule has 5 heteroatoms. The highest BCUT2D eigenvalue weighted by atomic mass is 16.3. The predicted molar refractivity (Wildman–Crippen MR) is 72.1 cm³/mol. The summed E-state index contributed by atoms with van der Waals surface area (Å²) in [6.45, 7) is 3.48. The van der Waals surface area contributed by atoms with Crippen molar-refractivity contribution in [1.82, 2.24) is 14.5 Å². The molecule has 19 heavy (non-hydrogen) atoms. The minimum Gasteiger partial charge on any atom is -0.468 e. The Balaban J connectivity index is 1.53. The van der Waals surface area contributed by atoms with Crippen LogP contribution in [0.3, 0.4) is 0 Å². The second kappa shape index (κ2) is 5.09. The lowest BCUT2D eigenvalue weighted by molar-refractivity contribution is 0.421. The lowest BCUT2D eigenvalue weighted by Gasteiger charge is -2.11. The molecule has 0 spiro atoms. The average molecular weight is 261 g/mol. The Bertz CT molecular complexity index is 578. The summed E-state index contributed by atoms with van der Waals surface area (Å²) < 4.78 is 8.94. The first-order valence-corrected chi connectivity index (χ1v) is 6.80. The molecule has 1 aliphatic rings. The Labute approximate surface area is 111 Å². The molecule has 0 amide bonds. The zero-order valence-corrected chi connectivity index (χ0v) is 11.1. The third kappa shape index (κ3) is 2.66. The summed E-state index contributed by atoms with van der Waals surface area (Å²) in [4.78, 5) is 12.0. The maximum atomic E-state index is 12.0. The van der Waals surface area contributed by atoms with Gasteiger partial charge in [0.15, 0.2) is 0 Å². The van der Waals surface area contributed by atoms with E-state index in [2.05, 4.69) is 12.2 Å². The lowest BCUT2D eigenvalue weighted by Crippen LogP contribution is -2.29. The van der Waals surface area contributed by atoms with Crippen LogP contribution >= 0.6 is 0 Å². The highest BCUT2D eigenvalue weighted by Gasteiger charge is 2.25. The van der Waals surface area contributed by atoms with Crippen LogP contribution in [-0.4, -0.2) is 15.7 Å². The number of hydrogen-bond donors (Lipinski definition) is 1. The lowest BCUT2D eigenvalue weighted by atomic mass is 10.2. The van der Waals surface area contributed by atoms with Gasteiger partial charge in [-0.25, -0.2) is 4.79 Å². The van der Waals surface area contributed by atoms with Crippen molar-refractivity contribution in [2.45, 2.75) is 38.4 Å². The van der Waals surface area contributed by atoms with Crippen molar-refractivity contribution < 1.29 is 4.42 Å². The van der Waals surface area contributed by atoms with E-state index in [0.29, 0.717) is 12.6 Å². The molecule has 0 radical (unpaired) electrons. The van der Waals surface area contributed by atoms with E-state index < -0.39 is 0 Å². The van der Waals surface area contributed by atoms with E-state index in [4.69, 9.17) is 4.42 Å². The molecule has 1 N–H and O–H groups in total. The van der Waals surface area contributed by atoms with Gasteiger partial charge in [0.25, 0.3) is 0 Å². The molecular formula is C14H19N3O2. The van der Waals surface area contributed by atoms with Gasteiger partial charge in [-0.1, -0.05) is 0 Å². The van der Waals surface area contributed by atoms with Gasteiger partial charge >= 0.3 is 5.69 Å². The molecule has 2 aromatic rings. The number of furan rings is 1. The normalized spacial score (nSPS) is 16.7. The molecule has 1 aliphatic carbocycles. The largest absolute Gasteiger partial charge is 0.468 e. The van der Waals surface area contributed by atoms with E-state index in [1.807, 2.05) is 29.1 Å². The quantitative estimate of drug-likeness (QED) is 0.864. The van der Waals surface area contributed by atoms with E-state index in [1.54, 1.807) is 10.8 Å². The zero-order chi connectivity index (χ0) is 13.2. The fraction of sp³-hybridized carbons (Fsp3) is 0.500. The summed E-state index contributed by atoms with van der Waals surface area (Å²) in [6.07, 6.45) is 7.72. The van der Waals surface area contributed by atoms with E-state index in [9.17, 15) is 4.79 Å². The SMILES string of the molecule is CC(NCCn1ccn(C2CC2)c1=O)c1ccco1. The topological polar surface area (TPSA) is 52.1 Å². The van der Waals surface area contributed by atoms with Gasteiger partial charge in [-0.05, 0) is 31.9 Å². The number of imidazole rings is 1. The Morgan fingerprint density at radius 1 is 1.47 bits per heavy atom. The molecule has 2 aromatic heterocycles. The van der Waals surface area contributed by atoms with Gasteiger partial charge in [-0.2, -0.15) is 0 Å². The van der Waals surface area contributed by atoms with Crippen molar-refractivity contribution >= 4 is 0 Å². The summed E-state index contributed by atoms with van der Waals surface area (Å²) in [7, 11) is 0. The van der Waals surface area contributed by atoms with Gasteiger partial charge in [0.2, 0.25) is 0 Å². The van der Waals surface area contributed by atoms with Crippen LogP contribution in [0.1, 0.15) is 37.6 Å². The third-order valence-electron chi connectivity index (χ3n) is 3.59. The van der Waals surface area contributed by atoms with E-state index in [1.165, 1.54) is 0 Å². The third-order valence-corrected chi connectivity index (χ3v) is 3.59. The van der Waals surface area contributed by atoms with Crippen LogP contribution in [-0.2, 0) is 6.54 Å². The van der Waals surface area contributed by atoms with Gasteiger partial charge in [0.05, 0.1) is 12.3 Å². The molecule has 0 bridgehead atoms. The first-order valence-electron chi connectivity index (χ1n) is 6.80. The van der Waals surface area contributed by atoms with Gasteiger partial charge in [0.1, 0.15) is 5.76 Å². The average Bonchev–Trinajstić information content (AvgIpc) is 2.97. The first-order chi connectivity index (χ1) is 9.25. The number of rotatable bonds is 6. The molecule has 1 unspecified atom stereocenters. The number of nitrogens with one attached hydrogen (secondary N) is 1. The molecule has 5 nitrogen and oxygen atoms in total. The van der Waals surface area contributed by atoms with Crippen LogP contribution in [0.5, 0.6) is 0 Å². The molecule has 1 atom stereocenters. The highest BCUT2D eigenvalue weighted by molar-refractivity contribution is 5.02. The van der Waals surface area contributed by atoms with Crippen molar-refractivity contribution in [3.8, 4) is 0 Å². The van der Waals surface area contributed by atoms with Gasteiger partial charge < -0.3 is 9.73 Å². The molecule has 1 fully saturated rings. The minimum absolute atomic E-state index is 0.106. The Kier molecular flexibility index (Phi) is 3.29. The number of nitrogens with zero attached hydrogens (tertiary/aromatic N) is 2. The Morgan fingerprint density at radius 3 is 3.00 bits per heavy atom. The summed E-state index contributed by atoms with van der Waals surface area (Å²) >= 11 is 0. The van der Waals surface area contributed by atoms with Gasteiger partial charge in [-0.15, -0.1) is 0 Å². The van der Waals surface area contributed by atoms with Gasteiger partial charge in [0, 0.05) is 31.5 Å². The molecule has 0 aromatic carbocycles. The molecule has 0 saturated heterocycles. The van der Waals surface area contributed by atoms with Gasteiger partial charge in [-0.3, -0.25) is 9.13 Å². The van der Waals surface area contributed by atoms with E-state index in [0.717, 1.165) is 25.1 Å². The minimum atomic E-state index is 0.106. The standard InChI is InChI=1S/C14H19N3O2/c1-11(13-3-2-10-19-13)15-6-7-16-8-9-17(14(16)18)12-4-5-12/h2-3,8-12,15H,4-7H2,1H3. The zero-order valence-electron chi connectivity index (χ0n) is 11.1. The fourth-order valence-corrected chi connectivity index (χ4v) is 2.27. The van der Waals surface area contributed by atoms with Crippen LogP contribution in [0.2, 0.25) is 0 Å². The Hall–Kier alpha value is -1.75. The fourth-order valence-electron chi connectivity index (χ4n) is 2.27. The second-order valence-corrected chi connectivity index (χ2v) is 5.10. The molecule has 1 saturated carbocycles.